The molecular formula is C20H20Cl2FN3O3S. The van der Waals surface area contributed by atoms with Gasteiger partial charge in [0.1, 0.15) is 27.6 Å². The van der Waals surface area contributed by atoms with Gasteiger partial charge in [-0.25, -0.2) is 17.8 Å². The SMILES string of the molecule is CC1(C)C(N)=N[C@](C)(c2cc(CC(=O)c3ncc(Cl)cc3Cl)ccc2F)CS1(=O)=O. The van der Waals surface area contributed by atoms with E-state index in [0.29, 0.717) is 10.6 Å². The van der Waals surface area contributed by atoms with Crippen LogP contribution in [0.1, 0.15) is 42.4 Å². The highest BCUT2D eigenvalue weighted by Gasteiger charge is 2.49. The Bertz CT molecular complexity index is 1180. The summed E-state index contributed by atoms with van der Waals surface area (Å²) in [4.78, 5) is 20.9. The van der Waals surface area contributed by atoms with Crippen molar-refractivity contribution in [3.8, 4) is 0 Å². The van der Waals surface area contributed by atoms with Gasteiger partial charge in [-0.1, -0.05) is 29.3 Å². The van der Waals surface area contributed by atoms with Crippen molar-refractivity contribution in [2.45, 2.75) is 37.5 Å². The average Bonchev–Trinajstić information content (AvgIpc) is 2.61. The van der Waals surface area contributed by atoms with E-state index in [0.717, 1.165) is 0 Å². The predicted molar refractivity (Wildman–Crippen MR) is 116 cm³/mol. The third kappa shape index (κ3) is 3.96. The molecule has 1 aromatic carbocycles. The first-order valence-electron chi connectivity index (χ1n) is 8.98. The normalized spacial score (nSPS) is 22.4. The lowest BCUT2D eigenvalue weighted by molar-refractivity contribution is 0.0988. The van der Waals surface area contributed by atoms with Crippen molar-refractivity contribution in [2.24, 2.45) is 10.7 Å². The molecule has 1 aliphatic heterocycles. The Morgan fingerprint density at radius 3 is 2.50 bits per heavy atom. The first kappa shape index (κ1) is 22.7. The Labute approximate surface area is 184 Å². The van der Waals surface area contributed by atoms with Crippen LogP contribution >= 0.6 is 23.2 Å². The van der Waals surface area contributed by atoms with E-state index in [-0.39, 0.29) is 34.3 Å². The fourth-order valence-electron chi connectivity index (χ4n) is 3.26. The molecule has 0 amide bonds. The van der Waals surface area contributed by atoms with Crippen LogP contribution in [-0.2, 0) is 21.8 Å². The molecular weight excluding hydrogens is 452 g/mol. The van der Waals surface area contributed by atoms with E-state index in [1.807, 2.05) is 0 Å². The number of ketones is 1. The molecule has 0 fully saturated rings. The molecule has 0 radical (unpaired) electrons. The zero-order valence-electron chi connectivity index (χ0n) is 16.5. The maximum Gasteiger partial charge on any atom is 0.187 e. The Morgan fingerprint density at radius 1 is 1.23 bits per heavy atom. The van der Waals surface area contributed by atoms with Crippen molar-refractivity contribution in [3.05, 3.63) is 63.1 Å². The summed E-state index contributed by atoms with van der Waals surface area (Å²) in [5.74, 6) is -1.52. The van der Waals surface area contributed by atoms with Gasteiger partial charge in [-0.15, -0.1) is 0 Å². The molecule has 30 heavy (non-hydrogen) atoms. The molecule has 2 aromatic rings. The standard InChI is InChI=1S/C20H20Cl2FN3O3S/c1-19(2)18(24)26-20(3,10-30(19,28)29)13-6-11(4-5-15(13)23)7-16(27)17-14(22)8-12(21)9-25-17/h4-6,8-9H,7,10H2,1-3H3,(H2,24,26)/t20-/m0/s1. The molecule has 160 valence electrons. The molecule has 0 saturated carbocycles. The third-order valence-electron chi connectivity index (χ3n) is 5.28. The highest BCUT2D eigenvalue weighted by Crippen LogP contribution is 2.38. The fraction of sp³-hybridized carbons (Fsp3) is 0.350. The number of carbonyl (C=O) groups excluding carboxylic acids is 1. The monoisotopic (exact) mass is 471 g/mol. The summed E-state index contributed by atoms with van der Waals surface area (Å²) in [6.45, 7) is 4.44. The van der Waals surface area contributed by atoms with Gasteiger partial charge in [0.25, 0.3) is 0 Å². The number of aromatic nitrogens is 1. The highest BCUT2D eigenvalue weighted by molar-refractivity contribution is 7.93. The van der Waals surface area contributed by atoms with Crippen LogP contribution in [0.15, 0.2) is 35.5 Å². The molecule has 0 saturated heterocycles. The van der Waals surface area contributed by atoms with Crippen molar-refractivity contribution >= 4 is 44.7 Å². The molecule has 1 atom stereocenters. The Kier molecular flexibility index (Phi) is 5.73. The Hall–Kier alpha value is -2.03. The number of rotatable bonds is 4. The largest absolute Gasteiger partial charge is 0.386 e. The number of hydrogen-bond acceptors (Lipinski definition) is 6. The molecule has 2 heterocycles. The fourth-order valence-corrected chi connectivity index (χ4v) is 5.44. The molecule has 3 rings (SSSR count). The minimum Gasteiger partial charge on any atom is -0.386 e. The van der Waals surface area contributed by atoms with Gasteiger partial charge in [0.2, 0.25) is 0 Å². The van der Waals surface area contributed by atoms with Gasteiger partial charge in [0.15, 0.2) is 15.6 Å². The number of Topliss-reactive ketones (excluding diaryl/α,β-unsaturated/α-hetero) is 1. The summed E-state index contributed by atoms with van der Waals surface area (Å²) in [5, 5.41) is 0.408. The highest BCUT2D eigenvalue weighted by atomic mass is 35.5. The van der Waals surface area contributed by atoms with Crippen molar-refractivity contribution in [1.82, 2.24) is 4.98 Å². The molecule has 10 heteroatoms. The van der Waals surface area contributed by atoms with Crippen LogP contribution in [0.4, 0.5) is 4.39 Å². The van der Waals surface area contributed by atoms with Gasteiger partial charge < -0.3 is 5.73 Å². The van der Waals surface area contributed by atoms with Crippen LogP contribution in [0.3, 0.4) is 0 Å². The number of carbonyl (C=O) groups is 1. The van der Waals surface area contributed by atoms with E-state index in [9.17, 15) is 17.6 Å². The minimum atomic E-state index is -3.70. The summed E-state index contributed by atoms with van der Waals surface area (Å²) < 4.78 is 38.9. The van der Waals surface area contributed by atoms with Crippen molar-refractivity contribution < 1.29 is 17.6 Å². The molecule has 0 aliphatic carbocycles. The molecule has 0 bridgehead atoms. The lowest BCUT2D eigenvalue weighted by atomic mass is 9.90. The van der Waals surface area contributed by atoms with E-state index in [1.165, 1.54) is 51.2 Å². The van der Waals surface area contributed by atoms with Gasteiger partial charge in [-0.3, -0.25) is 9.79 Å². The van der Waals surface area contributed by atoms with E-state index < -0.39 is 31.7 Å². The van der Waals surface area contributed by atoms with Crippen LogP contribution in [0.2, 0.25) is 10.0 Å². The number of benzene rings is 1. The molecule has 0 unspecified atom stereocenters. The summed E-state index contributed by atoms with van der Waals surface area (Å²) in [7, 11) is -3.70. The summed E-state index contributed by atoms with van der Waals surface area (Å²) in [6, 6.07) is 5.46. The van der Waals surface area contributed by atoms with Crippen molar-refractivity contribution in [1.29, 1.82) is 0 Å². The van der Waals surface area contributed by atoms with Gasteiger partial charge >= 0.3 is 0 Å². The number of pyridine rings is 1. The zero-order valence-corrected chi connectivity index (χ0v) is 18.9. The molecule has 6 nitrogen and oxygen atoms in total. The second kappa shape index (κ2) is 7.59. The summed E-state index contributed by atoms with van der Waals surface area (Å²) >= 11 is 11.8. The van der Waals surface area contributed by atoms with Crippen molar-refractivity contribution in [3.63, 3.8) is 0 Å². The van der Waals surface area contributed by atoms with Gasteiger partial charge in [0.05, 0.1) is 15.8 Å². The van der Waals surface area contributed by atoms with Gasteiger partial charge in [-0.2, -0.15) is 0 Å². The maximum absolute atomic E-state index is 14.7. The predicted octanol–water partition coefficient (Wildman–Crippen LogP) is 3.73. The number of nitrogens with two attached hydrogens (primary N) is 1. The number of amidine groups is 1. The smallest absolute Gasteiger partial charge is 0.187 e. The van der Waals surface area contributed by atoms with Crippen molar-refractivity contribution in [2.75, 3.05) is 5.75 Å². The second-order valence-electron chi connectivity index (χ2n) is 7.94. The molecule has 2 N–H and O–H groups in total. The summed E-state index contributed by atoms with van der Waals surface area (Å²) in [5.41, 5.74) is 5.07. The van der Waals surface area contributed by atoms with E-state index in [1.54, 1.807) is 0 Å². The van der Waals surface area contributed by atoms with Crippen LogP contribution in [0.5, 0.6) is 0 Å². The first-order chi connectivity index (χ1) is 13.8. The van der Waals surface area contributed by atoms with E-state index >= 15 is 0 Å². The van der Waals surface area contributed by atoms with Crippen LogP contribution in [0.25, 0.3) is 0 Å². The number of nitrogens with zero attached hydrogens (tertiary/aromatic N) is 2. The van der Waals surface area contributed by atoms with E-state index in [4.69, 9.17) is 28.9 Å². The number of aliphatic imine (C=N–C) groups is 1. The minimum absolute atomic E-state index is 0.0439. The molecule has 1 aromatic heterocycles. The summed E-state index contributed by atoms with van der Waals surface area (Å²) in [6.07, 6.45) is 1.19. The average molecular weight is 472 g/mol. The van der Waals surface area contributed by atoms with Crippen LogP contribution < -0.4 is 5.73 Å². The third-order valence-corrected chi connectivity index (χ3v) is 8.48. The Morgan fingerprint density at radius 2 is 1.90 bits per heavy atom. The number of halogens is 3. The number of hydrogen-bond donors (Lipinski definition) is 1. The van der Waals surface area contributed by atoms with Gasteiger partial charge in [0, 0.05) is 18.2 Å². The molecule has 0 spiro atoms. The Balaban J connectivity index is 2.00. The lowest BCUT2D eigenvalue weighted by Crippen LogP contribution is -2.55. The molecule has 1 aliphatic rings. The van der Waals surface area contributed by atoms with Crippen LogP contribution in [0, 0.1) is 5.82 Å². The van der Waals surface area contributed by atoms with Gasteiger partial charge in [-0.05, 0) is 44.5 Å². The maximum atomic E-state index is 14.7. The topological polar surface area (TPSA) is 102 Å². The quantitative estimate of drug-likeness (QED) is 0.684. The first-order valence-corrected chi connectivity index (χ1v) is 11.4. The van der Waals surface area contributed by atoms with E-state index in [2.05, 4.69) is 9.98 Å². The van der Waals surface area contributed by atoms with Crippen LogP contribution in [-0.4, -0.2) is 35.5 Å². The second-order valence-corrected chi connectivity index (χ2v) is 11.3. The lowest BCUT2D eigenvalue weighted by Gasteiger charge is -2.38. The zero-order chi connectivity index (χ0) is 22.5. The number of sulfone groups is 1.